The lowest BCUT2D eigenvalue weighted by molar-refractivity contribution is 1.30. The maximum atomic E-state index is 9.51. The molecular formula is C40H28N2. The van der Waals surface area contributed by atoms with Crippen LogP contribution >= 0.6 is 0 Å². The second-order valence-electron chi connectivity index (χ2n) is 8.67. The smallest absolute Gasteiger partial charge is 0.0645 e. The molecule has 0 aromatic heterocycles. The van der Waals surface area contributed by atoms with Crippen LogP contribution in [-0.4, -0.2) is 0 Å². The molecule has 0 spiro atoms. The number of anilines is 6. The van der Waals surface area contributed by atoms with E-state index in [-0.39, 0.29) is 0 Å². The molecule has 0 saturated carbocycles. The van der Waals surface area contributed by atoms with E-state index < -0.39 is 224 Å². The fraction of sp³-hybridized carbons (Fsp3) is 0. The lowest BCUT2D eigenvalue weighted by atomic mass is 9.91. The van der Waals surface area contributed by atoms with E-state index in [0.29, 0.717) is 9.80 Å². The lowest BCUT2D eigenvalue weighted by Crippen LogP contribution is -2.11. The number of hydrogen-bond acceptors (Lipinski definition) is 2. The van der Waals surface area contributed by atoms with Crippen LogP contribution in [0.4, 0.5) is 34.1 Å². The molecule has 2 nitrogen and oxygen atoms in total. The van der Waals surface area contributed by atoms with Crippen molar-refractivity contribution < 1.29 is 35.6 Å². The topological polar surface area (TPSA) is 6.48 Å². The van der Waals surface area contributed by atoms with E-state index in [1.807, 2.05) is 0 Å². The summed E-state index contributed by atoms with van der Waals surface area (Å²) < 4.78 is 230. The minimum Gasteiger partial charge on any atom is -0.310 e. The number of rotatable bonds is 6. The second-order valence-corrected chi connectivity index (χ2v) is 8.67. The first kappa shape index (κ1) is 9.47. The summed E-state index contributed by atoms with van der Waals surface area (Å²) in [5.41, 5.74) is -4.83. The van der Waals surface area contributed by atoms with Crippen LogP contribution in [0.1, 0.15) is 35.6 Å². The third kappa shape index (κ3) is 3.96. The van der Waals surface area contributed by atoms with Crippen LogP contribution in [0.25, 0.3) is 32.3 Å². The monoisotopic (exact) mass is 562 g/mol. The van der Waals surface area contributed by atoms with Gasteiger partial charge in [-0.2, -0.15) is 0 Å². The Bertz CT molecular complexity index is 3450. The van der Waals surface area contributed by atoms with Crippen molar-refractivity contribution in [3.8, 4) is 0 Å². The Labute approximate surface area is 282 Å². The van der Waals surface area contributed by atoms with Gasteiger partial charge in [-0.3, -0.25) is 0 Å². The molecule has 0 aliphatic carbocycles. The van der Waals surface area contributed by atoms with Gasteiger partial charge in [-0.15, -0.1) is 0 Å². The summed E-state index contributed by atoms with van der Waals surface area (Å²) in [5, 5.41) is -2.96. The van der Waals surface area contributed by atoms with E-state index in [1.165, 1.54) is 0 Å². The van der Waals surface area contributed by atoms with Gasteiger partial charge in [-0.05, 0) is 82.0 Å². The van der Waals surface area contributed by atoms with Crippen molar-refractivity contribution in [3.63, 3.8) is 0 Å². The first-order chi connectivity index (χ1) is 31.6. The van der Waals surface area contributed by atoms with E-state index in [4.69, 9.17) is 26.0 Å². The molecule has 8 aromatic carbocycles. The van der Waals surface area contributed by atoms with Crippen LogP contribution in [0.15, 0.2) is 169 Å². The summed E-state index contributed by atoms with van der Waals surface area (Å²) in [7, 11) is 0. The highest BCUT2D eigenvalue weighted by Gasteiger charge is 2.21. The van der Waals surface area contributed by atoms with Gasteiger partial charge < -0.3 is 9.80 Å². The number of benzene rings is 8. The largest absolute Gasteiger partial charge is 0.310 e. The maximum Gasteiger partial charge on any atom is 0.0645 e. The predicted molar refractivity (Wildman–Crippen MR) is 180 cm³/mol. The highest BCUT2D eigenvalue weighted by molar-refractivity contribution is 6.28. The minimum atomic E-state index is -1.02. The van der Waals surface area contributed by atoms with Gasteiger partial charge in [0.05, 0.1) is 47.0 Å². The minimum absolute atomic E-state index is 0.404. The molecule has 0 aliphatic heterocycles. The Morgan fingerprint density at radius 1 is 0.333 bits per heavy atom. The normalized spacial score (nSPS) is 20.0. The summed E-state index contributed by atoms with van der Waals surface area (Å²) in [6.07, 6.45) is 0. The Kier molecular flexibility index (Phi) is 2.28. The molecule has 0 atom stereocenters. The van der Waals surface area contributed by atoms with Crippen molar-refractivity contribution in [2.75, 3.05) is 9.80 Å². The Morgan fingerprint density at radius 2 is 0.762 bits per heavy atom. The van der Waals surface area contributed by atoms with Crippen LogP contribution in [0.5, 0.6) is 0 Å². The van der Waals surface area contributed by atoms with Gasteiger partial charge in [-0.1, -0.05) is 109 Å². The highest BCUT2D eigenvalue weighted by atomic mass is 15.1. The molecule has 0 N–H and O–H groups in total. The van der Waals surface area contributed by atoms with E-state index in [0.717, 1.165) is 12.1 Å². The van der Waals surface area contributed by atoms with Crippen molar-refractivity contribution in [2.45, 2.75) is 0 Å². The van der Waals surface area contributed by atoms with E-state index >= 15 is 0 Å². The molecular weight excluding hydrogens is 508 g/mol. The SMILES string of the molecule is [2H]c1cc(N(c2c([2H])c([2H])c([2H])c([2H])c2[2H])c2c([2H])c([2H])c3c([2H])cc4c(N(c5c([2H])c([2H])c([2H])c([2H])c5[2H])c5c([2H])c([2H])c([2H])c([2H])c5[2H])c([2H])c([2H])c5c([2H])c([2H])c2c3c45)c([2H])c([2H])c1[2H]. The molecule has 0 radical (unpaired) electrons. The van der Waals surface area contributed by atoms with Crippen LogP contribution in [0, 0.1) is 0 Å². The molecule has 2 heteroatoms. The number of nitrogens with zero attached hydrogens (tertiary/aromatic N) is 2. The summed E-state index contributed by atoms with van der Waals surface area (Å²) in [5.74, 6) is 0. The highest BCUT2D eigenvalue weighted by Crippen LogP contribution is 2.47. The molecule has 0 bridgehead atoms. The fourth-order valence-corrected chi connectivity index (χ4v) is 4.73. The van der Waals surface area contributed by atoms with E-state index in [9.17, 15) is 9.60 Å². The third-order valence-electron chi connectivity index (χ3n) is 6.40. The average molecular weight is 563 g/mol. The van der Waals surface area contributed by atoms with Crippen molar-refractivity contribution in [3.05, 3.63) is 169 Å². The van der Waals surface area contributed by atoms with Gasteiger partial charge in [0.15, 0.2) is 0 Å². The molecule has 0 fully saturated rings. The van der Waals surface area contributed by atoms with Gasteiger partial charge in [-0.25, -0.2) is 0 Å². The van der Waals surface area contributed by atoms with Crippen LogP contribution < -0.4 is 9.80 Å². The molecule has 0 saturated heterocycles. The molecule has 198 valence electrons. The van der Waals surface area contributed by atoms with Crippen molar-refractivity contribution in [1.82, 2.24) is 0 Å². The first-order valence-electron chi connectivity index (χ1n) is 25.2. The van der Waals surface area contributed by atoms with Crippen LogP contribution in [0.3, 0.4) is 0 Å². The standard InChI is InChI=1S/C40H28N2/c1-5-13-31(14-6-1)41(32-15-7-2-8-16-32)37-27-23-29-22-26-36-38(28-24-30-21-25-35(37)39(29)40(30)36)42(33-17-9-3-10-18-33)34-19-11-4-12-20-34/h1-28H/i1D,2D,3D,4D,5D,6D,7D,8D,9D,10D,11D,12D,13D,14D,15D,16D,17D,18D,19D,21D,22D,23D,24D,26D,27D,28D. The zero-order chi connectivity index (χ0) is 50.5. The number of hydrogen-bond donors (Lipinski definition) is 0. The summed E-state index contributed by atoms with van der Waals surface area (Å²) >= 11 is 0. The summed E-state index contributed by atoms with van der Waals surface area (Å²) in [4.78, 5) is 1.23. The van der Waals surface area contributed by atoms with E-state index in [2.05, 4.69) is 0 Å². The predicted octanol–water partition coefficient (Wildman–Crippen LogP) is 11.5. The van der Waals surface area contributed by atoms with Gasteiger partial charge in [0.2, 0.25) is 0 Å². The van der Waals surface area contributed by atoms with Crippen molar-refractivity contribution in [1.29, 1.82) is 0 Å². The van der Waals surface area contributed by atoms with Crippen molar-refractivity contribution >= 4 is 66.4 Å². The summed E-state index contributed by atoms with van der Waals surface area (Å²) in [6, 6.07) is -22.3. The third-order valence-corrected chi connectivity index (χ3v) is 6.40. The van der Waals surface area contributed by atoms with E-state index in [1.54, 1.807) is 0 Å². The maximum absolute atomic E-state index is 9.51. The lowest BCUT2D eigenvalue weighted by Gasteiger charge is -2.29. The fourth-order valence-electron chi connectivity index (χ4n) is 4.73. The average Bonchev–Trinajstić information content (AvgIpc) is 3.30. The Hall–Kier alpha value is -5.60. The molecule has 0 heterocycles. The Morgan fingerprint density at radius 3 is 1.36 bits per heavy atom. The molecule has 42 heavy (non-hydrogen) atoms. The molecule has 0 unspecified atom stereocenters. The zero-order valence-electron chi connectivity index (χ0n) is 47.0. The molecule has 8 rings (SSSR count). The zero-order valence-corrected chi connectivity index (χ0v) is 21.0. The van der Waals surface area contributed by atoms with Gasteiger partial charge in [0.1, 0.15) is 0 Å². The van der Waals surface area contributed by atoms with Gasteiger partial charge >= 0.3 is 0 Å². The Balaban J connectivity index is 1.70. The molecule has 0 amide bonds. The van der Waals surface area contributed by atoms with Crippen LogP contribution in [-0.2, 0) is 0 Å². The van der Waals surface area contributed by atoms with Gasteiger partial charge in [0, 0.05) is 33.5 Å². The summed E-state index contributed by atoms with van der Waals surface area (Å²) in [6.45, 7) is 0. The van der Waals surface area contributed by atoms with Crippen molar-refractivity contribution in [2.24, 2.45) is 0 Å². The van der Waals surface area contributed by atoms with Gasteiger partial charge in [0.25, 0.3) is 0 Å². The molecule has 0 aliphatic rings. The second kappa shape index (κ2) is 10.1. The van der Waals surface area contributed by atoms with Crippen LogP contribution in [0.2, 0.25) is 0 Å². The molecule has 8 aromatic rings. The quantitative estimate of drug-likeness (QED) is 0.186. The number of para-hydroxylation sites is 4. The first-order valence-corrected chi connectivity index (χ1v) is 12.2.